The van der Waals surface area contributed by atoms with Crippen LogP contribution in [0.5, 0.6) is 0 Å². The molecule has 2 N–H and O–H groups in total. The lowest BCUT2D eigenvalue weighted by Crippen LogP contribution is -2.43. The van der Waals surface area contributed by atoms with Crippen LogP contribution in [0.2, 0.25) is 0 Å². The first-order valence-electron chi connectivity index (χ1n) is 6.22. The Labute approximate surface area is 108 Å². The van der Waals surface area contributed by atoms with Crippen LogP contribution in [0.1, 0.15) is 19.4 Å². The number of benzene rings is 1. The number of carbonyl (C=O) groups excluding carboxylic acids is 1. The van der Waals surface area contributed by atoms with Crippen molar-refractivity contribution in [2.24, 2.45) is 0 Å². The number of rotatable bonds is 4. The molecule has 1 amide bonds. The first-order valence-corrected chi connectivity index (χ1v) is 6.22. The van der Waals surface area contributed by atoms with Crippen LogP contribution in [0.25, 0.3) is 0 Å². The van der Waals surface area contributed by atoms with E-state index in [-0.39, 0.29) is 5.91 Å². The van der Waals surface area contributed by atoms with Crippen LogP contribution >= 0.6 is 0 Å². The van der Waals surface area contributed by atoms with Crippen LogP contribution < -0.4 is 10.2 Å². The molecule has 0 bridgehead atoms. The van der Waals surface area contributed by atoms with Crippen molar-refractivity contribution >= 4 is 11.6 Å². The van der Waals surface area contributed by atoms with Crippen LogP contribution in [0, 0.1) is 0 Å². The highest BCUT2D eigenvalue weighted by Crippen LogP contribution is 2.41. The highest BCUT2D eigenvalue weighted by Gasteiger charge is 2.43. The SMILES string of the molecule is CNCC(O)CN1C(=O)C(C)(C)c2ccccc21. The fourth-order valence-corrected chi connectivity index (χ4v) is 2.49. The summed E-state index contributed by atoms with van der Waals surface area (Å²) in [7, 11) is 1.78. The van der Waals surface area contributed by atoms with Gasteiger partial charge in [-0.2, -0.15) is 0 Å². The van der Waals surface area contributed by atoms with Crippen molar-refractivity contribution in [2.75, 3.05) is 25.0 Å². The van der Waals surface area contributed by atoms with E-state index in [1.165, 1.54) is 0 Å². The second kappa shape index (κ2) is 4.71. The molecule has 2 rings (SSSR count). The molecule has 4 heteroatoms. The van der Waals surface area contributed by atoms with E-state index in [0.717, 1.165) is 11.3 Å². The minimum Gasteiger partial charge on any atom is -0.390 e. The van der Waals surface area contributed by atoms with E-state index in [4.69, 9.17) is 0 Å². The van der Waals surface area contributed by atoms with Crippen LogP contribution in [0.15, 0.2) is 24.3 Å². The summed E-state index contributed by atoms with van der Waals surface area (Å²) in [6.07, 6.45) is -0.555. The number of nitrogens with zero attached hydrogens (tertiary/aromatic N) is 1. The number of hydrogen-bond donors (Lipinski definition) is 2. The highest BCUT2D eigenvalue weighted by atomic mass is 16.3. The molecule has 1 aromatic carbocycles. The lowest BCUT2D eigenvalue weighted by atomic mass is 9.86. The molecule has 1 aliphatic heterocycles. The lowest BCUT2D eigenvalue weighted by molar-refractivity contribution is -0.122. The number of amides is 1. The Kier molecular flexibility index (Phi) is 3.41. The molecule has 0 saturated carbocycles. The Morgan fingerprint density at radius 1 is 1.39 bits per heavy atom. The highest BCUT2D eigenvalue weighted by molar-refractivity contribution is 6.07. The van der Waals surface area contributed by atoms with Gasteiger partial charge in [0.2, 0.25) is 5.91 Å². The van der Waals surface area contributed by atoms with E-state index in [2.05, 4.69) is 5.32 Å². The molecule has 18 heavy (non-hydrogen) atoms. The Morgan fingerprint density at radius 3 is 2.72 bits per heavy atom. The Bertz CT molecular complexity index is 457. The predicted octanol–water partition coefficient (Wildman–Crippen LogP) is 0.891. The first-order chi connectivity index (χ1) is 8.48. The van der Waals surface area contributed by atoms with E-state index in [0.29, 0.717) is 13.1 Å². The van der Waals surface area contributed by atoms with Gasteiger partial charge in [0.25, 0.3) is 0 Å². The molecule has 1 unspecified atom stereocenters. The quantitative estimate of drug-likeness (QED) is 0.832. The molecule has 0 radical (unpaired) electrons. The number of fused-ring (bicyclic) bond motifs is 1. The average molecular weight is 248 g/mol. The van der Waals surface area contributed by atoms with Gasteiger partial charge in [-0.3, -0.25) is 4.79 Å². The maximum absolute atomic E-state index is 12.4. The molecule has 4 nitrogen and oxygen atoms in total. The molecular weight excluding hydrogens is 228 g/mol. The van der Waals surface area contributed by atoms with Gasteiger partial charge in [0.05, 0.1) is 18.1 Å². The van der Waals surface area contributed by atoms with Crippen molar-refractivity contribution in [3.63, 3.8) is 0 Å². The molecule has 0 fully saturated rings. The third-order valence-corrected chi connectivity index (χ3v) is 3.48. The molecule has 0 aromatic heterocycles. The van der Waals surface area contributed by atoms with Gasteiger partial charge >= 0.3 is 0 Å². The van der Waals surface area contributed by atoms with Crippen LogP contribution in [-0.4, -0.2) is 37.3 Å². The van der Waals surface area contributed by atoms with Gasteiger partial charge < -0.3 is 15.3 Å². The normalized spacial score (nSPS) is 18.9. The summed E-state index contributed by atoms with van der Waals surface area (Å²) in [5.74, 6) is 0.0545. The summed E-state index contributed by atoms with van der Waals surface area (Å²) in [5, 5.41) is 12.8. The van der Waals surface area contributed by atoms with Gasteiger partial charge in [0.1, 0.15) is 0 Å². The van der Waals surface area contributed by atoms with Gasteiger partial charge in [-0.1, -0.05) is 18.2 Å². The molecule has 0 aliphatic carbocycles. The number of nitrogens with one attached hydrogen (secondary N) is 1. The topological polar surface area (TPSA) is 52.6 Å². The molecule has 0 spiro atoms. The van der Waals surface area contributed by atoms with Crippen molar-refractivity contribution in [1.82, 2.24) is 5.32 Å². The molecule has 1 aromatic rings. The smallest absolute Gasteiger partial charge is 0.237 e. The monoisotopic (exact) mass is 248 g/mol. The number of carbonyl (C=O) groups is 1. The second-order valence-corrected chi connectivity index (χ2v) is 5.27. The molecule has 1 atom stereocenters. The number of hydrogen-bond acceptors (Lipinski definition) is 3. The number of β-amino-alcohol motifs (C(OH)–C–C–N with tert-alkyl or cyclic N) is 1. The fraction of sp³-hybridized carbons (Fsp3) is 0.500. The number of aliphatic hydroxyl groups is 1. The number of aliphatic hydroxyl groups excluding tert-OH is 1. The zero-order valence-electron chi connectivity index (χ0n) is 11.1. The maximum Gasteiger partial charge on any atom is 0.237 e. The minimum absolute atomic E-state index is 0.0545. The summed E-state index contributed by atoms with van der Waals surface area (Å²) in [4.78, 5) is 14.1. The van der Waals surface area contributed by atoms with Crippen molar-refractivity contribution < 1.29 is 9.90 Å². The van der Waals surface area contributed by atoms with E-state index in [9.17, 15) is 9.90 Å². The first kappa shape index (κ1) is 13.1. The standard InChI is InChI=1S/C14H20N2O2/c1-14(2)11-6-4-5-7-12(11)16(13(14)18)9-10(17)8-15-3/h4-7,10,15,17H,8-9H2,1-3H3. The molecule has 98 valence electrons. The van der Waals surface area contributed by atoms with E-state index >= 15 is 0 Å². The average Bonchev–Trinajstić information content (AvgIpc) is 2.52. The summed E-state index contributed by atoms with van der Waals surface area (Å²) < 4.78 is 0. The summed E-state index contributed by atoms with van der Waals surface area (Å²) >= 11 is 0. The fourth-order valence-electron chi connectivity index (χ4n) is 2.49. The van der Waals surface area contributed by atoms with Crippen molar-refractivity contribution in [1.29, 1.82) is 0 Å². The Hall–Kier alpha value is -1.39. The van der Waals surface area contributed by atoms with Gasteiger partial charge in [-0.15, -0.1) is 0 Å². The predicted molar refractivity (Wildman–Crippen MR) is 71.8 cm³/mol. The summed E-state index contributed by atoms with van der Waals surface area (Å²) in [6.45, 7) is 4.67. The summed E-state index contributed by atoms with van der Waals surface area (Å²) in [5.41, 5.74) is 1.45. The summed E-state index contributed by atoms with van der Waals surface area (Å²) in [6, 6.07) is 7.79. The van der Waals surface area contributed by atoms with Crippen molar-refractivity contribution in [3.05, 3.63) is 29.8 Å². The van der Waals surface area contributed by atoms with E-state index in [1.807, 2.05) is 38.1 Å². The van der Waals surface area contributed by atoms with Gasteiger partial charge in [0, 0.05) is 12.2 Å². The Balaban J connectivity index is 2.30. The largest absolute Gasteiger partial charge is 0.390 e. The zero-order valence-corrected chi connectivity index (χ0v) is 11.1. The second-order valence-electron chi connectivity index (χ2n) is 5.27. The van der Waals surface area contributed by atoms with Gasteiger partial charge in [-0.25, -0.2) is 0 Å². The van der Waals surface area contributed by atoms with Crippen molar-refractivity contribution in [2.45, 2.75) is 25.4 Å². The van der Waals surface area contributed by atoms with Crippen LogP contribution in [-0.2, 0) is 10.2 Å². The number of likely N-dealkylation sites (N-methyl/N-ethyl adjacent to an activating group) is 1. The maximum atomic E-state index is 12.4. The van der Waals surface area contributed by atoms with Crippen molar-refractivity contribution in [3.8, 4) is 0 Å². The number of anilines is 1. The molecule has 1 aliphatic rings. The van der Waals surface area contributed by atoms with Crippen LogP contribution in [0.4, 0.5) is 5.69 Å². The number of para-hydroxylation sites is 1. The zero-order chi connectivity index (χ0) is 13.3. The molecule has 0 saturated heterocycles. The molecule has 1 heterocycles. The minimum atomic E-state index is -0.555. The molecular formula is C14H20N2O2. The third-order valence-electron chi connectivity index (χ3n) is 3.48. The van der Waals surface area contributed by atoms with Gasteiger partial charge in [-0.05, 0) is 32.5 Å². The third kappa shape index (κ3) is 2.02. The van der Waals surface area contributed by atoms with Gasteiger partial charge in [0.15, 0.2) is 0 Å². The van der Waals surface area contributed by atoms with Crippen LogP contribution in [0.3, 0.4) is 0 Å². The van der Waals surface area contributed by atoms with E-state index < -0.39 is 11.5 Å². The Morgan fingerprint density at radius 2 is 2.06 bits per heavy atom. The lowest BCUT2D eigenvalue weighted by Gasteiger charge is -2.23. The van der Waals surface area contributed by atoms with E-state index in [1.54, 1.807) is 11.9 Å².